The van der Waals surface area contributed by atoms with E-state index in [4.69, 9.17) is 10.1 Å². The van der Waals surface area contributed by atoms with Crippen molar-refractivity contribution < 1.29 is 4.74 Å². The molecule has 0 saturated heterocycles. The van der Waals surface area contributed by atoms with Gasteiger partial charge in [-0.25, -0.2) is 0 Å². The minimum absolute atomic E-state index is 0.147. The first-order valence-corrected chi connectivity index (χ1v) is 6.12. The van der Waals surface area contributed by atoms with E-state index in [0.29, 0.717) is 5.71 Å². The van der Waals surface area contributed by atoms with Crippen molar-refractivity contribution in [3.63, 3.8) is 0 Å². The molecule has 2 heteroatoms. The van der Waals surface area contributed by atoms with Crippen LogP contribution >= 0.6 is 0 Å². The lowest BCUT2D eigenvalue weighted by Gasteiger charge is -2.19. The molecule has 0 heterocycles. The molecule has 0 bridgehead atoms. The zero-order valence-electron chi connectivity index (χ0n) is 11.6. The molecule has 0 unspecified atom stereocenters. The van der Waals surface area contributed by atoms with Crippen LogP contribution in [0, 0.1) is 10.8 Å². The van der Waals surface area contributed by atoms with Crippen LogP contribution in [-0.2, 0) is 6.42 Å². The third kappa shape index (κ3) is 3.88. The van der Waals surface area contributed by atoms with E-state index in [1.54, 1.807) is 7.11 Å². The first-order valence-electron chi connectivity index (χ1n) is 6.12. The smallest absolute Gasteiger partial charge is 0.122 e. The summed E-state index contributed by atoms with van der Waals surface area (Å²) in [7, 11) is 1.69. The van der Waals surface area contributed by atoms with Gasteiger partial charge in [-0.05, 0) is 35.4 Å². The fourth-order valence-electron chi connectivity index (χ4n) is 1.86. The van der Waals surface area contributed by atoms with Gasteiger partial charge in [-0.3, -0.25) is 0 Å². The van der Waals surface area contributed by atoms with Crippen LogP contribution in [0.3, 0.4) is 0 Å². The molecule has 0 radical (unpaired) electrons. The van der Waals surface area contributed by atoms with Gasteiger partial charge in [-0.15, -0.1) is 0 Å². The Morgan fingerprint density at radius 1 is 1.29 bits per heavy atom. The molecule has 0 spiro atoms. The molecule has 0 fully saturated rings. The van der Waals surface area contributed by atoms with E-state index in [0.717, 1.165) is 24.2 Å². The monoisotopic (exact) mass is 233 g/mol. The maximum absolute atomic E-state index is 8.13. The van der Waals surface area contributed by atoms with E-state index in [-0.39, 0.29) is 5.41 Å². The normalized spacial score (nSPS) is 11.4. The van der Waals surface area contributed by atoms with Gasteiger partial charge in [0.25, 0.3) is 0 Å². The molecule has 0 aliphatic rings. The Bertz CT molecular complexity index is 402. The number of hydrogen-bond donors (Lipinski definition) is 1. The lowest BCUT2D eigenvalue weighted by Crippen LogP contribution is -2.13. The first kappa shape index (κ1) is 13.8. The Balaban J connectivity index is 2.96. The lowest BCUT2D eigenvalue weighted by molar-refractivity contribution is 0.409. The second kappa shape index (κ2) is 5.35. The second-order valence-corrected chi connectivity index (χ2v) is 5.60. The predicted molar refractivity (Wildman–Crippen MR) is 73.3 cm³/mol. The summed E-state index contributed by atoms with van der Waals surface area (Å²) < 4.78 is 5.36. The topological polar surface area (TPSA) is 33.1 Å². The van der Waals surface area contributed by atoms with Crippen molar-refractivity contribution in [1.82, 2.24) is 0 Å². The van der Waals surface area contributed by atoms with E-state index >= 15 is 0 Å². The lowest BCUT2D eigenvalue weighted by atomic mass is 9.87. The van der Waals surface area contributed by atoms with Crippen LogP contribution < -0.4 is 4.74 Å². The van der Waals surface area contributed by atoms with Crippen LogP contribution in [0.2, 0.25) is 0 Å². The molecule has 1 aromatic rings. The van der Waals surface area contributed by atoms with Gasteiger partial charge in [0.1, 0.15) is 5.75 Å². The Kier molecular flexibility index (Phi) is 4.33. The molecular formula is C15H23NO. The number of rotatable bonds is 4. The van der Waals surface area contributed by atoms with Crippen LogP contribution in [0.1, 0.15) is 45.2 Å². The summed E-state index contributed by atoms with van der Waals surface area (Å²) in [6.07, 6.45) is 1.73. The summed E-state index contributed by atoms with van der Waals surface area (Å²) in [5.74, 6) is 0.892. The Morgan fingerprint density at radius 2 is 1.94 bits per heavy atom. The molecule has 2 nitrogen and oxygen atoms in total. The molecule has 0 saturated carbocycles. The molecule has 0 aromatic heterocycles. The summed E-state index contributed by atoms with van der Waals surface area (Å²) >= 11 is 0. The number of aryl methyl sites for hydroxylation is 1. The van der Waals surface area contributed by atoms with Gasteiger partial charge in [-0.2, -0.15) is 0 Å². The molecular weight excluding hydrogens is 210 g/mol. The number of hydrogen-bond acceptors (Lipinski definition) is 2. The van der Waals surface area contributed by atoms with Crippen LogP contribution in [0.15, 0.2) is 18.2 Å². The highest BCUT2D eigenvalue weighted by Gasteiger charge is 2.15. The van der Waals surface area contributed by atoms with Crippen molar-refractivity contribution in [2.45, 2.75) is 40.5 Å². The van der Waals surface area contributed by atoms with Crippen molar-refractivity contribution in [3.8, 4) is 5.75 Å². The first-order chi connectivity index (χ1) is 7.87. The van der Waals surface area contributed by atoms with E-state index in [9.17, 15) is 0 Å². The van der Waals surface area contributed by atoms with E-state index in [1.807, 2.05) is 12.1 Å². The van der Waals surface area contributed by atoms with Crippen LogP contribution in [-0.4, -0.2) is 12.8 Å². The van der Waals surface area contributed by atoms with Crippen molar-refractivity contribution in [2.24, 2.45) is 5.41 Å². The van der Waals surface area contributed by atoms with E-state index in [2.05, 4.69) is 33.8 Å². The zero-order chi connectivity index (χ0) is 13.1. The highest BCUT2D eigenvalue weighted by Crippen LogP contribution is 2.25. The van der Waals surface area contributed by atoms with Gasteiger partial charge in [-0.1, -0.05) is 39.8 Å². The molecule has 0 aliphatic heterocycles. The Hall–Kier alpha value is -1.31. The van der Waals surface area contributed by atoms with Gasteiger partial charge in [0.15, 0.2) is 0 Å². The van der Waals surface area contributed by atoms with Crippen molar-refractivity contribution >= 4 is 5.71 Å². The summed E-state index contributed by atoms with van der Waals surface area (Å²) in [5, 5.41) is 8.13. The molecule has 1 rings (SSSR count). The molecule has 17 heavy (non-hydrogen) atoms. The number of methoxy groups -OCH3 is 1. The quantitative estimate of drug-likeness (QED) is 0.781. The molecule has 1 aromatic carbocycles. The number of ether oxygens (including phenoxy) is 1. The van der Waals surface area contributed by atoms with Gasteiger partial charge >= 0.3 is 0 Å². The Labute approximate surface area is 105 Å². The number of nitrogens with one attached hydrogen (secondary N) is 1. The molecule has 0 atom stereocenters. The standard InChI is InChI=1S/C15H23NO/c1-6-11-7-8-12(9-14(11)17-5)13(16)10-15(2,3)4/h7-9,16H,6,10H2,1-5H3. The van der Waals surface area contributed by atoms with Gasteiger partial charge in [0.2, 0.25) is 0 Å². The van der Waals surface area contributed by atoms with E-state index in [1.165, 1.54) is 5.56 Å². The third-order valence-corrected chi connectivity index (χ3v) is 2.72. The zero-order valence-corrected chi connectivity index (χ0v) is 11.6. The molecule has 0 amide bonds. The van der Waals surface area contributed by atoms with Crippen molar-refractivity contribution in [3.05, 3.63) is 29.3 Å². The van der Waals surface area contributed by atoms with Crippen molar-refractivity contribution in [1.29, 1.82) is 5.41 Å². The average molecular weight is 233 g/mol. The number of benzene rings is 1. The maximum Gasteiger partial charge on any atom is 0.122 e. The predicted octanol–water partition coefficient (Wildman–Crippen LogP) is 4.06. The van der Waals surface area contributed by atoms with Crippen LogP contribution in [0.5, 0.6) is 5.75 Å². The summed E-state index contributed by atoms with van der Waals surface area (Å²) in [6, 6.07) is 6.06. The minimum Gasteiger partial charge on any atom is -0.496 e. The van der Waals surface area contributed by atoms with Gasteiger partial charge < -0.3 is 10.1 Å². The van der Waals surface area contributed by atoms with Gasteiger partial charge in [0.05, 0.1) is 7.11 Å². The van der Waals surface area contributed by atoms with E-state index < -0.39 is 0 Å². The summed E-state index contributed by atoms with van der Waals surface area (Å²) in [4.78, 5) is 0. The Morgan fingerprint density at radius 3 is 2.41 bits per heavy atom. The average Bonchev–Trinajstić information content (AvgIpc) is 2.25. The van der Waals surface area contributed by atoms with Gasteiger partial charge in [0, 0.05) is 5.71 Å². The minimum atomic E-state index is 0.147. The summed E-state index contributed by atoms with van der Waals surface area (Å²) in [6.45, 7) is 8.57. The third-order valence-electron chi connectivity index (χ3n) is 2.72. The highest BCUT2D eigenvalue weighted by molar-refractivity contribution is 5.99. The SMILES string of the molecule is CCc1ccc(C(=N)CC(C)(C)C)cc1OC. The maximum atomic E-state index is 8.13. The largest absolute Gasteiger partial charge is 0.496 e. The summed E-state index contributed by atoms with van der Waals surface area (Å²) in [5.41, 5.74) is 2.99. The van der Waals surface area contributed by atoms with Crippen LogP contribution in [0.25, 0.3) is 0 Å². The fourth-order valence-corrected chi connectivity index (χ4v) is 1.86. The molecule has 1 N–H and O–H groups in total. The van der Waals surface area contributed by atoms with Crippen LogP contribution in [0.4, 0.5) is 0 Å². The van der Waals surface area contributed by atoms with Crippen molar-refractivity contribution in [2.75, 3.05) is 7.11 Å². The molecule has 94 valence electrons. The highest BCUT2D eigenvalue weighted by atomic mass is 16.5. The molecule has 0 aliphatic carbocycles. The fraction of sp³-hybridized carbons (Fsp3) is 0.533. The second-order valence-electron chi connectivity index (χ2n) is 5.60.